The minimum Gasteiger partial charge on any atom is -0.469 e. The SMILES string of the molecule is COC(=O)CC(NCc1ccc(SC)cc1)c1cccs1. The van der Waals surface area contributed by atoms with Crippen molar-refractivity contribution in [3.63, 3.8) is 0 Å². The van der Waals surface area contributed by atoms with Crippen LogP contribution < -0.4 is 5.32 Å². The second kappa shape index (κ2) is 8.22. The standard InChI is InChI=1S/C16H19NO2S2/c1-19-16(18)10-14(15-4-3-9-21-15)17-11-12-5-7-13(20-2)8-6-12/h3-9,14,17H,10-11H2,1-2H3. The van der Waals surface area contributed by atoms with Crippen LogP contribution in [0.2, 0.25) is 0 Å². The molecule has 0 radical (unpaired) electrons. The lowest BCUT2D eigenvalue weighted by atomic mass is 10.1. The van der Waals surface area contributed by atoms with E-state index in [1.807, 2.05) is 17.5 Å². The molecule has 2 rings (SSSR count). The Morgan fingerprint density at radius 2 is 2.10 bits per heavy atom. The molecule has 2 aromatic rings. The van der Waals surface area contributed by atoms with Crippen LogP contribution >= 0.6 is 23.1 Å². The minimum absolute atomic E-state index is 0.00215. The molecule has 0 spiro atoms. The first kappa shape index (κ1) is 16.1. The van der Waals surface area contributed by atoms with Crippen LogP contribution in [0.4, 0.5) is 0 Å². The Hall–Kier alpha value is -1.30. The molecule has 0 fully saturated rings. The highest BCUT2D eigenvalue weighted by Gasteiger charge is 2.16. The number of benzene rings is 1. The molecule has 1 N–H and O–H groups in total. The molecule has 1 unspecified atom stereocenters. The number of nitrogens with one attached hydrogen (secondary N) is 1. The summed E-state index contributed by atoms with van der Waals surface area (Å²) in [6.45, 7) is 0.730. The van der Waals surface area contributed by atoms with Gasteiger partial charge in [0.2, 0.25) is 0 Å². The van der Waals surface area contributed by atoms with Crippen LogP contribution in [0.3, 0.4) is 0 Å². The highest BCUT2D eigenvalue weighted by Crippen LogP contribution is 2.23. The Balaban J connectivity index is 1.99. The van der Waals surface area contributed by atoms with E-state index in [0.717, 1.165) is 11.4 Å². The first-order valence-corrected chi connectivity index (χ1v) is 8.80. The maximum absolute atomic E-state index is 11.6. The first-order valence-electron chi connectivity index (χ1n) is 6.69. The van der Waals surface area contributed by atoms with Gasteiger partial charge < -0.3 is 10.1 Å². The summed E-state index contributed by atoms with van der Waals surface area (Å²) in [6, 6.07) is 12.5. The average molecular weight is 321 g/mol. The third-order valence-corrected chi connectivity index (χ3v) is 4.93. The number of carbonyl (C=O) groups excluding carboxylic acids is 1. The zero-order valence-electron chi connectivity index (χ0n) is 12.2. The summed E-state index contributed by atoms with van der Waals surface area (Å²) in [4.78, 5) is 14.0. The van der Waals surface area contributed by atoms with Crippen LogP contribution in [0, 0.1) is 0 Å². The molecule has 112 valence electrons. The van der Waals surface area contributed by atoms with Gasteiger partial charge in [-0.1, -0.05) is 18.2 Å². The summed E-state index contributed by atoms with van der Waals surface area (Å²) in [5.41, 5.74) is 1.21. The number of thioether (sulfide) groups is 1. The molecule has 5 heteroatoms. The fourth-order valence-corrected chi connectivity index (χ4v) is 3.21. The third kappa shape index (κ3) is 4.88. The van der Waals surface area contributed by atoms with E-state index in [4.69, 9.17) is 4.74 Å². The Labute approximate surface area is 133 Å². The summed E-state index contributed by atoms with van der Waals surface area (Å²) >= 11 is 3.38. The van der Waals surface area contributed by atoms with Crippen molar-refractivity contribution in [1.82, 2.24) is 5.32 Å². The number of thiophene rings is 1. The van der Waals surface area contributed by atoms with Gasteiger partial charge in [-0.05, 0) is 35.4 Å². The Morgan fingerprint density at radius 3 is 2.67 bits per heavy atom. The molecule has 0 aliphatic carbocycles. The average Bonchev–Trinajstić information content (AvgIpc) is 3.06. The van der Waals surface area contributed by atoms with E-state index < -0.39 is 0 Å². The largest absolute Gasteiger partial charge is 0.469 e. The molecular weight excluding hydrogens is 302 g/mol. The van der Waals surface area contributed by atoms with Gasteiger partial charge in [0.15, 0.2) is 0 Å². The van der Waals surface area contributed by atoms with Gasteiger partial charge in [0, 0.05) is 16.3 Å². The number of carbonyl (C=O) groups is 1. The predicted octanol–water partition coefficient (Wildman–Crippen LogP) is 3.86. The molecule has 3 nitrogen and oxygen atoms in total. The van der Waals surface area contributed by atoms with Crippen LogP contribution in [0.1, 0.15) is 22.9 Å². The lowest BCUT2D eigenvalue weighted by Gasteiger charge is -2.16. The van der Waals surface area contributed by atoms with E-state index in [2.05, 4.69) is 35.8 Å². The molecule has 1 atom stereocenters. The van der Waals surface area contributed by atoms with E-state index in [-0.39, 0.29) is 12.0 Å². The van der Waals surface area contributed by atoms with E-state index in [9.17, 15) is 4.79 Å². The van der Waals surface area contributed by atoms with Crippen LogP contribution in [-0.4, -0.2) is 19.3 Å². The van der Waals surface area contributed by atoms with Gasteiger partial charge in [-0.25, -0.2) is 0 Å². The van der Waals surface area contributed by atoms with Crippen LogP contribution in [-0.2, 0) is 16.1 Å². The van der Waals surface area contributed by atoms with Gasteiger partial charge in [-0.3, -0.25) is 4.79 Å². The van der Waals surface area contributed by atoms with Gasteiger partial charge in [0.1, 0.15) is 0 Å². The summed E-state index contributed by atoms with van der Waals surface area (Å²) in [5.74, 6) is -0.196. The Morgan fingerprint density at radius 1 is 1.33 bits per heavy atom. The summed E-state index contributed by atoms with van der Waals surface area (Å²) in [5, 5.41) is 5.47. The van der Waals surface area contributed by atoms with Crippen molar-refractivity contribution in [1.29, 1.82) is 0 Å². The molecule has 1 aromatic heterocycles. The van der Waals surface area contributed by atoms with Gasteiger partial charge in [-0.15, -0.1) is 23.1 Å². The third-order valence-electron chi connectivity index (χ3n) is 3.20. The maximum Gasteiger partial charge on any atom is 0.307 e. The second-order valence-corrected chi connectivity index (χ2v) is 6.44. The molecule has 0 aliphatic heterocycles. The molecule has 0 saturated heterocycles. The lowest BCUT2D eigenvalue weighted by molar-refractivity contribution is -0.141. The van der Waals surface area contributed by atoms with Crippen molar-refractivity contribution >= 4 is 29.1 Å². The molecule has 0 aliphatic rings. The number of methoxy groups -OCH3 is 1. The number of hydrogen-bond acceptors (Lipinski definition) is 5. The van der Waals surface area contributed by atoms with Crippen LogP contribution in [0.5, 0.6) is 0 Å². The summed E-state index contributed by atoms with van der Waals surface area (Å²) in [6.07, 6.45) is 2.41. The van der Waals surface area contributed by atoms with Crippen molar-refractivity contribution in [2.45, 2.75) is 23.9 Å². The van der Waals surface area contributed by atoms with Crippen molar-refractivity contribution < 1.29 is 9.53 Å². The van der Waals surface area contributed by atoms with Gasteiger partial charge in [-0.2, -0.15) is 0 Å². The molecular formula is C16H19NO2S2. The van der Waals surface area contributed by atoms with Crippen molar-refractivity contribution in [2.24, 2.45) is 0 Å². The topological polar surface area (TPSA) is 38.3 Å². The zero-order valence-corrected chi connectivity index (χ0v) is 13.8. The maximum atomic E-state index is 11.6. The van der Waals surface area contributed by atoms with Crippen molar-refractivity contribution in [3.8, 4) is 0 Å². The molecule has 0 amide bonds. The van der Waals surface area contributed by atoms with Gasteiger partial charge in [0.05, 0.1) is 19.6 Å². The predicted molar refractivity (Wildman–Crippen MR) is 88.8 cm³/mol. The number of ether oxygens (including phenoxy) is 1. The van der Waals surface area contributed by atoms with Gasteiger partial charge in [0.25, 0.3) is 0 Å². The van der Waals surface area contributed by atoms with E-state index in [1.54, 1.807) is 23.1 Å². The Kier molecular flexibility index (Phi) is 6.29. The lowest BCUT2D eigenvalue weighted by Crippen LogP contribution is -2.23. The minimum atomic E-state index is -0.196. The summed E-state index contributed by atoms with van der Waals surface area (Å²) in [7, 11) is 1.43. The highest BCUT2D eigenvalue weighted by atomic mass is 32.2. The van der Waals surface area contributed by atoms with Crippen molar-refractivity contribution in [3.05, 3.63) is 52.2 Å². The molecule has 21 heavy (non-hydrogen) atoms. The molecule has 1 aromatic carbocycles. The number of esters is 1. The quantitative estimate of drug-likeness (QED) is 0.621. The second-order valence-electron chi connectivity index (χ2n) is 4.58. The van der Waals surface area contributed by atoms with E-state index >= 15 is 0 Å². The molecule has 1 heterocycles. The fraction of sp³-hybridized carbons (Fsp3) is 0.312. The normalized spacial score (nSPS) is 12.1. The number of hydrogen-bond donors (Lipinski definition) is 1. The van der Waals surface area contributed by atoms with Crippen LogP contribution in [0.15, 0.2) is 46.7 Å². The van der Waals surface area contributed by atoms with Crippen molar-refractivity contribution in [2.75, 3.05) is 13.4 Å². The van der Waals surface area contributed by atoms with Crippen LogP contribution in [0.25, 0.3) is 0 Å². The smallest absolute Gasteiger partial charge is 0.307 e. The Bertz CT molecular complexity index is 552. The highest BCUT2D eigenvalue weighted by molar-refractivity contribution is 7.98. The fourth-order valence-electron chi connectivity index (χ4n) is 2.00. The summed E-state index contributed by atoms with van der Waals surface area (Å²) < 4.78 is 4.78. The van der Waals surface area contributed by atoms with E-state index in [0.29, 0.717) is 6.42 Å². The number of rotatable bonds is 7. The molecule has 0 saturated carbocycles. The molecule has 0 bridgehead atoms. The van der Waals surface area contributed by atoms with E-state index in [1.165, 1.54) is 17.6 Å². The first-order chi connectivity index (χ1) is 10.2. The zero-order chi connectivity index (χ0) is 15.1. The monoisotopic (exact) mass is 321 g/mol. The van der Waals surface area contributed by atoms with Gasteiger partial charge >= 0.3 is 5.97 Å².